The molecule has 158 valence electrons. The fourth-order valence-corrected chi connectivity index (χ4v) is 3.42. The van der Waals surface area contributed by atoms with Crippen LogP contribution in [-0.2, 0) is 4.79 Å². The summed E-state index contributed by atoms with van der Waals surface area (Å²) in [6.07, 6.45) is 0. The van der Waals surface area contributed by atoms with Crippen molar-refractivity contribution < 1.29 is 14.3 Å². The second-order valence-corrected chi connectivity index (χ2v) is 8.45. The minimum absolute atomic E-state index is 0.296. The number of para-hydroxylation sites is 2. The number of hydrogen-bond acceptors (Lipinski definition) is 4. The van der Waals surface area contributed by atoms with Crippen LogP contribution in [0.5, 0.6) is 11.5 Å². The summed E-state index contributed by atoms with van der Waals surface area (Å²) in [5.41, 5.74) is 2.09. The van der Waals surface area contributed by atoms with E-state index in [0.717, 1.165) is 21.1 Å². The maximum absolute atomic E-state index is 13.0. The van der Waals surface area contributed by atoms with Crippen molar-refractivity contribution >= 4 is 38.6 Å². The quantitative estimate of drug-likeness (QED) is 0.366. The molecule has 0 saturated carbocycles. The summed E-state index contributed by atoms with van der Waals surface area (Å²) >= 11 is 3.39. The molecule has 0 radical (unpaired) electrons. The van der Waals surface area contributed by atoms with Gasteiger partial charge in [0.1, 0.15) is 17.3 Å². The molecular weight excluding hydrogens is 458 g/mol. The van der Waals surface area contributed by atoms with Gasteiger partial charge >= 0.3 is 0 Å². The SMILES string of the molecule is COc1ccc(-c2nc3ccccc3[nH]2)cc1NC(=O)C(C)(C)Oc1ccc(Br)cc1. The number of hydrogen-bond donors (Lipinski definition) is 2. The monoisotopic (exact) mass is 479 g/mol. The van der Waals surface area contributed by atoms with E-state index in [0.29, 0.717) is 23.0 Å². The Labute approximate surface area is 188 Å². The van der Waals surface area contributed by atoms with Crippen LogP contribution < -0.4 is 14.8 Å². The number of carbonyl (C=O) groups excluding carboxylic acids is 1. The Morgan fingerprint density at radius 3 is 2.52 bits per heavy atom. The lowest BCUT2D eigenvalue weighted by Gasteiger charge is -2.26. The van der Waals surface area contributed by atoms with Crippen LogP contribution in [0, 0.1) is 0 Å². The summed E-state index contributed by atoms with van der Waals surface area (Å²) < 4.78 is 12.3. The van der Waals surface area contributed by atoms with E-state index in [1.54, 1.807) is 27.0 Å². The van der Waals surface area contributed by atoms with Gasteiger partial charge in [-0.15, -0.1) is 0 Å². The van der Waals surface area contributed by atoms with Crippen molar-refractivity contribution in [1.82, 2.24) is 9.97 Å². The van der Waals surface area contributed by atoms with E-state index in [-0.39, 0.29) is 5.91 Å². The van der Waals surface area contributed by atoms with Crippen LogP contribution in [-0.4, -0.2) is 28.6 Å². The molecule has 0 unspecified atom stereocenters. The predicted molar refractivity (Wildman–Crippen MR) is 126 cm³/mol. The molecule has 0 fully saturated rings. The highest BCUT2D eigenvalue weighted by atomic mass is 79.9. The van der Waals surface area contributed by atoms with E-state index in [9.17, 15) is 4.79 Å². The topological polar surface area (TPSA) is 76.2 Å². The number of rotatable bonds is 6. The van der Waals surface area contributed by atoms with Gasteiger partial charge in [-0.1, -0.05) is 28.1 Å². The van der Waals surface area contributed by atoms with E-state index >= 15 is 0 Å². The lowest BCUT2D eigenvalue weighted by molar-refractivity contribution is -0.128. The number of aromatic nitrogens is 2. The van der Waals surface area contributed by atoms with Crippen LogP contribution in [0.15, 0.2) is 71.2 Å². The molecule has 1 amide bonds. The molecule has 4 aromatic rings. The predicted octanol–water partition coefficient (Wildman–Crippen LogP) is 5.80. The fourth-order valence-electron chi connectivity index (χ4n) is 3.16. The Balaban J connectivity index is 1.59. The second kappa shape index (κ2) is 8.43. The zero-order valence-electron chi connectivity index (χ0n) is 17.4. The molecule has 1 heterocycles. The number of nitrogens with one attached hydrogen (secondary N) is 2. The highest BCUT2D eigenvalue weighted by Crippen LogP contribution is 2.31. The molecule has 0 aliphatic heterocycles. The van der Waals surface area contributed by atoms with Crippen molar-refractivity contribution in [3.8, 4) is 22.9 Å². The molecule has 0 atom stereocenters. The Morgan fingerprint density at radius 1 is 1.06 bits per heavy atom. The van der Waals surface area contributed by atoms with Crippen molar-refractivity contribution in [3.05, 3.63) is 71.2 Å². The number of benzene rings is 3. The first kappa shape index (κ1) is 20.9. The lowest BCUT2D eigenvalue weighted by atomic mass is 10.1. The molecule has 1 aromatic heterocycles. The van der Waals surface area contributed by atoms with Gasteiger partial charge in [-0.05, 0) is 68.4 Å². The van der Waals surface area contributed by atoms with Gasteiger partial charge in [0.15, 0.2) is 5.60 Å². The smallest absolute Gasteiger partial charge is 0.268 e. The highest BCUT2D eigenvalue weighted by Gasteiger charge is 2.31. The number of imidazole rings is 1. The molecule has 0 aliphatic carbocycles. The first-order valence-electron chi connectivity index (χ1n) is 9.75. The molecule has 31 heavy (non-hydrogen) atoms. The molecule has 7 heteroatoms. The largest absolute Gasteiger partial charge is 0.495 e. The van der Waals surface area contributed by atoms with E-state index in [1.807, 2.05) is 60.7 Å². The Morgan fingerprint density at radius 2 is 1.81 bits per heavy atom. The molecule has 3 aromatic carbocycles. The number of fused-ring (bicyclic) bond motifs is 1. The zero-order chi connectivity index (χ0) is 22.0. The Hall–Kier alpha value is -3.32. The molecular formula is C24H22BrN3O3. The van der Waals surface area contributed by atoms with Gasteiger partial charge < -0.3 is 19.8 Å². The van der Waals surface area contributed by atoms with Crippen LogP contribution in [0.4, 0.5) is 5.69 Å². The maximum Gasteiger partial charge on any atom is 0.268 e. The van der Waals surface area contributed by atoms with Crippen molar-refractivity contribution in [3.63, 3.8) is 0 Å². The maximum atomic E-state index is 13.0. The van der Waals surface area contributed by atoms with Crippen molar-refractivity contribution in [2.75, 3.05) is 12.4 Å². The molecule has 6 nitrogen and oxygen atoms in total. The lowest BCUT2D eigenvalue weighted by Crippen LogP contribution is -2.42. The first-order chi connectivity index (χ1) is 14.9. The van der Waals surface area contributed by atoms with E-state index in [4.69, 9.17) is 9.47 Å². The highest BCUT2D eigenvalue weighted by molar-refractivity contribution is 9.10. The third-order valence-corrected chi connectivity index (χ3v) is 5.37. The fraction of sp³-hybridized carbons (Fsp3) is 0.167. The van der Waals surface area contributed by atoms with Gasteiger partial charge in [-0.3, -0.25) is 4.79 Å². The summed E-state index contributed by atoms with van der Waals surface area (Å²) in [5.74, 6) is 1.57. The molecule has 0 bridgehead atoms. The van der Waals surface area contributed by atoms with E-state index < -0.39 is 5.60 Å². The summed E-state index contributed by atoms with van der Waals surface area (Å²) in [6, 6.07) is 20.7. The number of halogens is 1. The van der Waals surface area contributed by atoms with E-state index in [1.165, 1.54) is 0 Å². The van der Waals surface area contributed by atoms with Gasteiger partial charge in [0.25, 0.3) is 5.91 Å². The number of nitrogens with zero attached hydrogens (tertiary/aromatic N) is 1. The third kappa shape index (κ3) is 4.56. The number of anilines is 1. The van der Waals surface area contributed by atoms with Crippen molar-refractivity contribution in [1.29, 1.82) is 0 Å². The zero-order valence-corrected chi connectivity index (χ0v) is 19.0. The minimum atomic E-state index is -1.10. The summed E-state index contributed by atoms with van der Waals surface area (Å²) in [4.78, 5) is 21.0. The average Bonchev–Trinajstić information content (AvgIpc) is 3.19. The molecule has 0 saturated heterocycles. The number of aromatic amines is 1. The standard InChI is InChI=1S/C24H22BrN3O3/c1-24(2,31-17-11-9-16(25)10-12-17)23(29)28-20-14-15(8-13-21(20)30-3)22-26-18-6-4-5-7-19(18)27-22/h4-14H,1-3H3,(H,26,27)(H,28,29). The van der Waals surface area contributed by atoms with Gasteiger partial charge in [-0.25, -0.2) is 4.98 Å². The molecule has 0 aliphatic rings. The number of methoxy groups -OCH3 is 1. The van der Waals surface area contributed by atoms with Crippen LogP contribution in [0.1, 0.15) is 13.8 Å². The molecule has 2 N–H and O–H groups in total. The van der Waals surface area contributed by atoms with Gasteiger partial charge in [0.05, 0.1) is 23.8 Å². The van der Waals surface area contributed by atoms with E-state index in [2.05, 4.69) is 31.2 Å². The summed E-state index contributed by atoms with van der Waals surface area (Å²) in [7, 11) is 1.56. The number of amides is 1. The van der Waals surface area contributed by atoms with Gasteiger partial charge in [0.2, 0.25) is 0 Å². The van der Waals surface area contributed by atoms with Crippen LogP contribution in [0.2, 0.25) is 0 Å². The first-order valence-corrected chi connectivity index (χ1v) is 10.5. The Kier molecular flexibility index (Phi) is 5.69. The van der Waals surface area contributed by atoms with Crippen LogP contribution in [0.25, 0.3) is 22.4 Å². The summed E-state index contributed by atoms with van der Waals surface area (Å²) in [5, 5.41) is 2.94. The van der Waals surface area contributed by atoms with Crippen molar-refractivity contribution in [2.24, 2.45) is 0 Å². The Bertz CT molecular complexity index is 1200. The van der Waals surface area contributed by atoms with Gasteiger partial charge in [-0.2, -0.15) is 0 Å². The van der Waals surface area contributed by atoms with Gasteiger partial charge in [0, 0.05) is 10.0 Å². The number of carbonyl (C=O) groups is 1. The van der Waals surface area contributed by atoms with Crippen LogP contribution >= 0.6 is 15.9 Å². The third-order valence-electron chi connectivity index (χ3n) is 4.84. The van der Waals surface area contributed by atoms with Crippen molar-refractivity contribution in [2.45, 2.75) is 19.4 Å². The van der Waals surface area contributed by atoms with Crippen LogP contribution in [0.3, 0.4) is 0 Å². The molecule has 4 rings (SSSR count). The summed E-state index contributed by atoms with van der Waals surface area (Å²) in [6.45, 7) is 3.44. The molecule has 0 spiro atoms. The average molecular weight is 480 g/mol. The second-order valence-electron chi connectivity index (χ2n) is 7.54. The minimum Gasteiger partial charge on any atom is -0.495 e. The normalized spacial score (nSPS) is 11.4. The number of ether oxygens (including phenoxy) is 2. The number of H-pyrrole nitrogens is 1.